The maximum absolute atomic E-state index is 6.88. The average molecular weight is 783 g/mol. The van der Waals surface area contributed by atoms with Gasteiger partial charge in [-0.05, 0) is 196 Å². The Balaban J connectivity index is 0.813. The lowest BCUT2D eigenvalue weighted by atomic mass is 9.70. The van der Waals surface area contributed by atoms with E-state index in [-0.39, 0.29) is 0 Å². The van der Waals surface area contributed by atoms with Gasteiger partial charge in [-0.1, -0.05) is 107 Å². The summed E-state index contributed by atoms with van der Waals surface area (Å²) in [6, 6.07) is 46.8. The second kappa shape index (κ2) is 16.4. The SMILES string of the molecule is CC(C)COc1ccc(C(C)CC(CC(C)c2ccc(COc3ccc4cc5ccccc5cc4c3)cc2)c2ccc(OC3CC4CC3C3C5CCC(C5)C43)cc2)cc1. The summed E-state index contributed by atoms with van der Waals surface area (Å²) >= 11 is 0. The molecule has 6 aromatic rings. The Morgan fingerprint density at radius 2 is 1.10 bits per heavy atom. The zero-order valence-electron chi connectivity index (χ0n) is 35.6. The summed E-state index contributed by atoms with van der Waals surface area (Å²) in [7, 11) is 0. The molecule has 0 heterocycles. The molecule has 0 aromatic heterocycles. The van der Waals surface area contributed by atoms with Gasteiger partial charge in [0.2, 0.25) is 0 Å². The topological polar surface area (TPSA) is 27.7 Å². The van der Waals surface area contributed by atoms with E-state index < -0.39 is 0 Å². The van der Waals surface area contributed by atoms with Crippen LogP contribution >= 0.6 is 0 Å². The minimum atomic E-state index is 0.406. The van der Waals surface area contributed by atoms with E-state index in [2.05, 4.69) is 155 Å². The van der Waals surface area contributed by atoms with E-state index in [4.69, 9.17) is 14.2 Å². The molecule has 4 aliphatic carbocycles. The van der Waals surface area contributed by atoms with Gasteiger partial charge in [-0.25, -0.2) is 0 Å². The van der Waals surface area contributed by atoms with Crippen molar-refractivity contribution < 1.29 is 14.2 Å². The van der Waals surface area contributed by atoms with Gasteiger partial charge < -0.3 is 14.2 Å². The quantitative estimate of drug-likeness (QED) is 0.0767. The van der Waals surface area contributed by atoms with Crippen molar-refractivity contribution in [3.05, 3.63) is 150 Å². The lowest BCUT2D eigenvalue weighted by Crippen LogP contribution is -2.37. The van der Waals surface area contributed by atoms with E-state index in [1.54, 1.807) is 0 Å². The Kier molecular flexibility index (Phi) is 10.7. The summed E-state index contributed by atoms with van der Waals surface area (Å²) in [5.41, 5.74) is 5.36. The van der Waals surface area contributed by atoms with Crippen molar-refractivity contribution in [2.24, 2.45) is 41.4 Å². The van der Waals surface area contributed by atoms with Crippen LogP contribution in [0, 0.1) is 41.4 Å². The van der Waals surface area contributed by atoms with Crippen LogP contribution in [0.25, 0.3) is 21.5 Å². The van der Waals surface area contributed by atoms with Crippen molar-refractivity contribution in [1.82, 2.24) is 0 Å². The van der Waals surface area contributed by atoms with Crippen LogP contribution in [0.15, 0.2) is 127 Å². The summed E-state index contributed by atoms with van der Waals surface area (Å²) < 4.78 is 19.2. The van der Waals surface area contributed by atoms with E-state index in [1.807, 2.05) is 0 Å². The lowest BCUT2D eigenvalue weighted by Gasteiger charge is -2.38. The number of fused-ring (bicyclic) bond motifs is 11. The predicted octanol–water partition coefficient (Wildman–Crippen LogP) is 14.5. The molecule has 3 nitrogen and oxygen atoms in total. The fraction of sp³-hybridized carbons (Fsp3) is 0.429. The summed E-state index contributed by atoms with van der Waals surface area (Å²) in [5, 5.41) is 4.96. The second-order valence-corrected chi connectivity index (χ2v) is 19.6. The van der Waals surface area contributed by atoms with E-state index in [9.17, 15) is 0 Å². The molecule has 59 heavy (non-hydrogen) atoms. The maximum Gasteiger partial charge on any atom is 0.120 e. The fourth-order valence-corrected chi connectivity index (χ4v) is 12.4. The van der Waals surface area contributed by atoms with Gasteiger partial charge in [0.25, 0.3) is 0 Å². The smallest absolute Gasteiger partial charge is 0.120 e. The third-order valence-corrected chi connectivity index (χ3v) is 15.3. The molecule has 0 spiro atoms. The first-order valence-corrected chi connectivity index (χ1v) is 22.9. The third-order valence-electron chi connectivity index (χ3n) is 15.3. The summed E-state index contributed by atoms with van der Waals surface area (Å²) in [6.45, 7) is 10.5. The standard InChI is InChI=1S/C56H62O3/c1-35(2)33-57-50-20-15-40(16-21-50)37(4)26-47(41-17-22-51(23-18-41)59-54-32-49-31-53(54)56-46-14-13-45(29-46)55(49)56)25-36(3)39-11-9-38(10-12-39)34-58-52-24-19-44-27-42-7-5-6-8-43(42)28-48(44)30-52/h5-12,15-24,27-28,30,35-37,45-47,49,53-56H,13-14,25-26,29,31-34H2,1-4H3. The van der Waals surface area contributed by atoms with Crippen molar-refractivity contribution in [3.8, 4) is 17.2 Å². The molecule has 10 rings (SSSR count). The molecule has 4 aliphatic rings. The molecule has 304 valence electrons. The minimum absolute atomic E-state index is 0.406. The van der Waals surface area contributed by atoms with E-state index in [1.165, 1.54) is 75.9 Å². The van der Waals surface area contributed by atoms with Gasteiger partial charge in [-0.3, -0.25) is 0 Å². The highest BCUT2D eigenvalue weighted by atomic mass is 16.5. The molecule has 0 amide bonds. The first kappa shape index (κ1) is 38.4. The number of hydrogen-bond donors (Lipinski definition) is 0. The van der Waals surface area contributed by atoms with Crippen LogP contribution in [0.5, 0.6) is 17.2 Å². The molecule has 0 saturated heterocycles. The normalized spacial score (nSPS) is 25.7. The molecule has 0 aliphatic heterocycles. The molecule has 4 fully saturated rings. The number of hydrogen-bond acceptors (Lipinski definition) is 3. The van der Waals surface area contributed by atoms with Crippen LogP contribution in [0.4, 0.5) is 0 Å². The average Bonchev–Trinajstić information content (AvgIpc) is 4.07. The maximum atomic E-state index is 6.88. The lowest BCUT2D eigenvalue weighted by molar-refractivity contribution is 0.0444. The third kappa shape index (κ3) is 7.99. The predicted molar refractivity (Wildman–Crippen MR) is 243 cm³/mol. The van der Waals surface area contributed by atoms with Crippen LogP contribution < -0.4 is 14.2 Å². The van der Waals surface area contributed by atoms with Crippen molar-refractivity contribution >= 4 is 21.5 Å². The minimum Gasteiger partial charge on any atom is -0.493 e. The van der Waals surface area contributed by atoms with Gasteiger partial charge in [0.05, 0.1) is 6.61 Å². The van der Waals surface area contributed by atoms with Gasteiger partial charge in [-0.15, -0.1) is 0 Å². The zero-order chi connectivity index (χ0) is 40.0. The van der Waals surface area contributed by atoms with E-state index >= 15 is 0 Å². The highest BCUT2D eigenvalue weighted by Gasteiger charge is 2.63. The molecule has 6 aromatic carbocycles. The van der Waals surface area contributed by atoms with Crippen molar-refractivity contribution in [2.45, 2.75) is 103 Å². The molecule has 0 N–H and O–H groups in total. The van der Waals surface area contributed by atoms with Crippen LogP contribution in [0.3, 0.4) is 0 Å². The summed E-state index contributed by atoms with van der Waals surface area (Å²) in [5.74, 6) is 10.4. The molecule has 3 heteroatoms. The van der Waals surface area contributed by atoms with Gasteiger partial charge in [0.15, 0.2) is 0 Å². The number of rotatable bonds is 15. The van der Waals surface area contributed by atoms with Crippen molar-refractivity contribution in [3.63, 3.8) is 0 Å². The van der Waals surface area contributed by atoms with Crippen LogP contribution in [-0.4, -0.2) is 12.7 Å². The highest BCUT2D eigenvalue weighted by molar-refractivity contribution is 5.98. The Hall–Kier alpha value is -4.76. The summed E-state index contributed by atoms with van der Waals surface area (Å²) in [4.78, 5) is 0. The van der Waals surface area contributed by atoms with Crippen LogP contribution in [0.1, 0.15) is 113 Å². The molecule has 0 radical (unpaired) electrons. The number of ether oxygens (including phenoxy) is 3. The fourth-order valence-electron chi connectivity index (χ4n) is 12.4. The largest absolute Gasteiger partial charge is 0.493 e. The van der Waals surface area contributed by atoms with E-state index in [0.29, 0.717) is 36.4 Å². The van der Waals surface area contributed by atoms with Crippen LogP contribution in [-0.2, 0) is 6.61 Å². The Morgan fingerprint density at radius 1 is 0.508 bits per heavy atom. The highest BCUT2D eigenvalue weighted by Crippen LogP contribution is 2.67. The van der Waals surface area contributed by atoms with Gasteiger partial charge in [-0.2, -0.15) is 0 Å². The zero-order valence-corrected chi connectivity index (χ0v) is 35.6. The van der Waals surface area contributed by atoms with Crippen molar-refractivity contribution in [2.75, 3.05) is 6.61 Å². The molecule has 10 unspecified atom stereocenters. The van der Waals surface area contributed by atoms with E-state index in [0.717, 1.165) is 72.2 Å². The molecule has 4 bridgehead atoms. The molecule has 10 atom stereocenters. The second-order valence-electron chi connectivity index (χ2n) is 19.6. The first-order valence-electron chi connectivity index (χ1n) is 22.9. The number of benzene rings is 6. The van der Waals surface area contributed by atoms with Crippen molar-refractivity contribution in [1.29, 1.82) is 0 Å². The van der Waals surface area contributed by atoms with Gasteiger partial charge in [0, 0.05) is 0 Å². The molecular formula is C56H62O3. The molecular weight excluding hydrogens is 721 g/mol. The summed E-state index contributed by atoms with van der Waals surface area (Å²) in [6.07, 6.45) is 9.78. The first-order chi connectivity index (χ1) is 28.8. The van der Waals surface area contributed by atoms with Gasteiger partial charge in [0.1, 0.15) is 30.0 Å². The van der Waals surface area contributed by atoms with Gasteiger partial charge >= 0.3 is 0 Å². The Morgan fingerprint density at radius 3 is 1.80 bits per heavy atom. The molecule has 4 saturated carbocycles. The monoisotopic (exact) mass is 782 g/mol. The Labute approximate surface area is 352 Å². The Bertz CT molecular complexity index is 2360. The van der Waals surface area contributed by atoms with Crippen LogP contribution in [0.2, 0.25) is 0 Å².